The summed E-state index contributed by atoms with van der Waals surface area (Å²) in [5.41, 5.74) is 0.270. The maximum Gasteiger partial charge on any atom is 0.413 e. The van der Waals surface area contributed by atoms with Gasteiger partial charge in [0.05, 0.1) is 17.2 Å². The van der Waals surface area contributed by atoms with E-state index in [-0.39, 0.29) is 22.5 Å². The Bertz CT molecular complexity index is 1900. The first kappa shape index (κ1) is 39.1. The second-order valence-electron chi connectivity index (χ2n) is 12.6. The molecule has 2 aromatic carbocycles. The zero-order valence-corrected chi connectivity index (χ0v) is 30.9. The summed E-state index contributed by atoms with van der Waals surface area (Å²) in [7, 11) is 3.48. The van der Waals surface area contributed by atoms with Crippen molar-refractivity contribution >= 4 is 82.5 Å². The fraction of sp³-hybridized carbons (Fsp3) is 0.324. The summed E-state index contributed by atoms with van der Waals surface area (Å²) in [6, 6.07) is 16.4. The van der Waals surface area contributed by atoms with Crippen molar-refractivity contribution in [3.63, 3.8) is 0 Å². The van der Waals surface area contributed by atoms with Gasteiger partial charge in [-0.05, 0) is 37.5 Å². The number of oxime groups is 1. The molecule has 1 saturated heterocycles. The van der Waals surface area contributed by atoms with Gasteiger partial charge in [0, 0.05) is 23.2 Å². The van der Waals surface area contributed by atoms with E-state index >= 15 is 0 Å². The number of esters is 1. The Balaban J connectivity index is 1.44. The van der Waals surface area contributed by atoms with Gasteiger partial charge >= 0.3 is 20.1 Å². The molecule has 0 bridgehead atoms. The predicted octanol–water partition coefficient (Wildman–Crippen LogP) is 3.47. The van der Waals surface area contributed by atoms with E-state index in [9.17, 15) is 28.2 Å². The van der Waals surface area contributed by atoms with E-state index in [2.05, 4.69) is 25.4 Å². The van der Waals surface area contributed by atoms with Crippen LogP contribution in [-0.4, -0.2) is 92.5 Å². The summed E-state index contributed by atoms with van der Waals surface area (Å²) in [4.78, 5) is 76.3. The Kier molecular flexibility index (Phi) is 12.7. The van der Waals surface area contributed by atoms with Crippen molar-refractivity contribution in [3.05, 3.63) is 94.6 Å². The second kappa shape index (κ2) is 17.2. The van der Waals surface area contributed by atoms with Crippen molar-refractivity contribution in [1.82, 2.24) is 15.2 Å². The lowest BCUT2D eigenvalue weighted by Gasteiger charge is -2.46. The first-order valence-corrected chi connectivity index (χ1v) is 18.7. The molecule has 3 heterocycles. The van der Waals surface area contributed by atoms with Gasteiger partial charge in [0.2, 0.25) is 6.10 Å². The van der Waals surface area contributed by atoms with Gasteiger partial charge in [0.1, 0.15) is 22.7 Å². The zero-order chi connectivity index (χ0) is 38.3. The summed E-state index contributed by atoms with van der Waals surface area (Å²) >= 11 is 6.79. The molecule has 3 amide bonds. The predicted molar refractivity (Wildman–Crippen MR) is 195 cm³/mol. The third kappa shape index (κ3) is 9.88. The minimum absolute atomic E-state index is 0.00371. The first-order chi connectivity index (χ1) is 25.3. The number of β-lactam (4-membered cyclic amide) rings is 1. The van der Waals surface area contributed by atoms with Crippen LogP contribution in [0.2, 0.25) is 0 Å². The molecule has 2 radical (unpaired) electrons. The van der Waals surface area contributed by atoms with Crippen LogP contribution in [0.15, 0.2) is 83.0 Å². The fourth-order valence-electron chi connectivity index (χ4n) is 5.11. The SMILES string of the molecule is [B]OC(=O)C[C@H](O/N=C(\C(=O)N[C@@H]1C(=O)N2C=C(CCl)CS(=O)[C@H]12)c1csc(NC(=O)OC(C)(C)C)n1)C(=O)OC(c1ccccc1)c1ccccc1. The molecule has 2 aliphatic rings. The number of hydrogen-bond acceptors (Lipinski definition) is 13. The minimum Gasteiger partial charge on any atom is -0.543 e. The van der Waals surface area contributed by atoms with Gasteiger partial charge in [0.15, 0.2) is 16.9 Å². The van der Waals surface area contributed by atoms with Crippen molar-refractivity contribution in [2.24, 2.45) is 5.16 Å². The lowest BCUT2D eigenvalue weighted by atomic mass is 10.0. The lowest BCUT2D eigenvalue weighted by molar-refractivity contribution is -0.165. The van der Waals surface area contributed by atoms with Crippen molar-refractivity contribution in [1.29, 1.82) is 0 Å². The summed E-state index contributed by atoms with van der Waals surface area (Å²) in [6.07, 6.45) is -2.83. The van der Waals surface area contributed by atoms with Crippen LogP contribution < -0.4 is 10.6 Å². The molecule has 15 nitrogen and oxygen atoms in total. The van der Waals surface area contributed by atoms with Gasteiger partial charge in [-0.25, -0.2) is 14.6 Å². The molecule has 0 saturated carbocycles. The molecule has 1 fully saturated rings. The second-order valence-corrected chi connectivity index (χ2v) is 15.2. The molecule has 0 spiro atoms. The summed E-state index contributed by atoms with van der Waals surface area (Å²) < 4.78 is 28.4. The average molecular weight is 782 g/mol. The topological polar surface area (TPSA) is 192 Å². The molecule has 1 unspecified atom stereocenters. The molecule has 2 N–H and O–H groups in total. The van der Waals surface area contributed by atoms with Crippen LogP contribution in [0.3, 0.4) is 0 Å². The van der Waals surface area contributed by atoms with Gasteiger partial charge in [-0.15, -0.1) is 22.9 Å². The highest BCUT2D eigenvalue weighted by Crippen LogP contribution is 2.31. The van der Waals surface area contributed by atoms with Crippen LogP contribution in [-0.2, 0) is 48.9 Å². The van der Waals surface area contributed by atoms with E-state index in [4.69, 9.17) is 34.0 Å². The van der Waals surface area contributed by atoms with Crippen molar-refractivity contribution in [2.45, 2.75) is 56.4 Å². The number of alkyl halides is 1. The van der Waals surface area contributed by atoms with Crippen LogP contribution in [0.25, 0.3) is 0 Å². The molecule has 3 aromatic rings. The standard InChI is InChI=1S/C34H33BClN5O10S2/c1-34(2,3)49-33(46)39-32-37-22(17-52-32)25(28(43)38-26-29(44)41-16-19(15-36)18-53(47)30(26)41)40-51-23(14-24(42)50-35)31(45)48-27(20-10-6-4-7-11-20)21-12-8-5-9-13-21/h4-13,16-17,23,26-27,30H,14-15,18H2,1-3H3,(H,38,43)(H,37,39,46)/b40-25-/t23-,26+,30+,53?/m0/s1. The van der Waals surface area contributed by atoms with Gasteiger partial charge in [-0.2, -0.15) is 0 Å². The van der Waals surface area contributed by atoms with Gasteiger partial charge < -0.3 is 24.3 Å². The van der Waals surface area contributed by atoms with E-state index in [1.54, 1.807) is 81.4 Å². The molecule has 0 aliphatic carbocycles. The first-order valence-electron chi connectivity index (χ1n) is 15.9. The van der Waals surface area contributed by atoms with E-state index in [0.29, 0.717) is 16.7 Å². The number of rotatable bonds is 13. The van der Waals surface area contributed by atoms with Crippen LogP contribution in [0, 0.1) is 0 Å². The van der Waals surface area contributed by atoms with Gasteiger partial charge in [-0.3, -0.25) is 28.8 Å². The smallest absolute Gasteiger partial charge is 0.413 e. The Morgan fingerprint density at radius 1 is 1.09 bits per heavy atom. The third-order valence-corrected chi connectivity index (χ3v) is 10.3. The van der Waals surface area contributed by atoms with Crippen molar-refractivity contribution in [3.8, 4) is 0 Å². The Morgan fingerprint density at radius 3 is 2.32 bits per heavy atom. The number of thiazole rings is 1. The molecular weight excluding hydrogens is 749 g/mol. The van der Waals surface area contributed by atoms with Gasteiger partial charge in [-0.1, -0.05) is 65.8 Å². The highest BCUT2D eigenvalue weighted by Gasteiger charge is 2.53. The van der Waals surface area contributed by atoms with Crippen molar-refractivity contribution in [2.75, 3.05) is 16.9 Å². The number of ether oxygens (including phenoxy) is 2. The number of nitrogens with one attached hydrogen (secondary N) is 2. The largest absolute Gasteiger partial charge is 0.543 e. The Morgan fingerprint density at radius 2 is 1.74 bits per heavy atom. The van der Waals surface area contributed by atoms with Crippen LogP contribution in [0.5, 0.6) is 0 Å². The normalized spacial score (nSPS) is 18.8. The van der Waals surface area contributed by atoms with Crippen LogP contribution in [0.1, 0.15) is 50.1 Å². The highest BCUT2D eigenvalue weighted by molar-refractivity contribution is 7.86. The van der Waals surface area contributed by atoms with E-state index in [0.717, 1.165) is 11.3 Å². The lowest BCUT2D eigenvalue weighted by Crippen LogP contribution is -2.72. The number of carbonyl (C=O) groups excluding carboxylic acids is 5. The van der Waals surface area contributed by atoms with Crippen LogP contribution in [0.4, 0.5) is 9.93 Å². The van der Waals surface area contributed by atoms with E-state index in [1.165, 1.54) is 16.5 Å². The van der Waals surface area contributed by atoms with E-state index < -0.39 is 82.0 Å². The minimum atomic E-state index is -1.80. The number of halogens is 1. The number of carbonyl (C=O) groups is 5. The molecular formula is C34H33BClN5O10S2. The average Bonchev–Trinajstić information content (AvgIpc) is 3.59. The summed E-state index contributed by atoms with van der Waals surface area (Å²) in [5, 5.41) is 9.36. The molecule has 4 atom stereocenters. The van der Waals surface area contributed by atoms with Gasteiger partial charge in [0.25, 0.3) is 17.8 Å². The Hall–Kier alpha value is -5.07. The van der Waals surface area contributed by atoms with E-state index in [1.807, 2.05) is 0 Å². The molecule has 276 valence electrons. The van der Waals surface area contributed by atoms with Crippen molar-refractivity contribution < 1.29 is 47.1 Å². The summed E-state index contributed by atoms with van der Waals surface area (Å²) in [5.74, 6) is -3.51. The third-order valence-electron chi connectivity index (χ3n) is 7.48. The maximum atomic E-state index is 13.8. The fourth-order valence-corrected chi connectivity index (χ4v) is 7.69. The molecule has 19 heteroatoms. The number of nitrogens with zero attached hydrogens (tertiary/aromatic N) is 3. The number of fused-ring (bicyclic) bond motifs is 1. The Labute approximate surface area is 316 Å². The number of hydrogen-bond donors (Lipinski definition) is 2. The number of amides is 3. The molecule has 5 rings (SSSR count). The molecule has 1 aromatic heterocycles. The monoisotopic (exact) mass is 781 g/mol. The quantitative estimate of drug-likeness (QED) is 0.0645. The number of anilines is 1. The highest BCUT2D eigenvalue weighted by atomic mass is 35.5. The molecule has 53 heavy (non-hydrogen) atoms. The molecule has 2 aliphatic heterocycles. The summed E-state index contributed by atoms with van der Waals surface area (Å²) in [6.45, 7) is 5.01. The number of benzene rings is 2. The number of aromatic nitrogens is 1. The maximum absolute atomic E-state index is 13.8. The van der Waals surface area contributed by atoms with Crippen LogP contribution >= 0.6 is 22.9 Å². The zero-order valence-electron chi connectivity index (χ0n) is 28.6.